The smallest absolute Gasteiger partial charge is 0.156 e. The Balaban J connectivity index is 1.48. The van der Waals surface area contributed by atoms with Crippen LogP contribution >= 0.6 is 0 Å². The highest BCUT2D eigenvalue weighted by Crippen LogP contribution is 2.36. The Hall–Kier alpha value is -4.38. The summed E-state index contributed by atoms with van der Waals surface area (Å²) in [6.07, 6.45) is 8.35. The van der Waals surface area contributed by atoms with Crippen molar-refractivity contribution in [3.05, 3.63) is 72.6 Å². The van der Waals surface area contributed by atoms with Crippen molar-refractivity contribution in [3.8, 4) is 34.1 Å². The van der Waals surface area contributed by atoms with Crippen LogP contribution in [0.4, 0.5) is 5.69 Å². The first kappa shape index (κ1) is 26.8. The van der Waals surface area contributed by atoms with Crippen LogP contribution in [0.1, 0.15) is 18.3 Å². The van der Waals surface area contributed by atoms with E-state index in [1.807, 2.05) is 61.1 Å². The summed E-state index contributed by atoms with van der Waals surface area (Å²) in [5.41, 5.74) is 6.70. The summed E-state index contributed by atoms with van der Waals surface area (Å²) in [5.74, 6) is 1.57. The zero-order valence-electron chi connectivity index (χ0n) is 23.6. The summed E-state index contributed by atoms with van der Waals surface area (Å²) in [6, 6.07) is 11.9. The average Bonchev–Trinajstić information content (AvgIpc) is 3.39. The largest absolute Gasteiger partial charge is 0.496 e. The first-order chi connectivity index (χ1) is 19.6. The molecule has 6 heterocycles. The van der Waals surface area contributed by atoms with Crippen molar-refractivity contribution in [2.24, 2.45) is 5.92 Å². The third kappa shape index (κ3) is 5.13. The second-order valence-electron chi connectivity index (χ2n) is 10.7. The highest BCUT2D eigenvalue weighted by atomic mass is 32.2. The van der Waals surface area contributed by atoms with E-state index < -0.39 is 9.84 Å². The third-order valence-electron chi connectivity index (χ3n) is 7.71. The normalized spacial score (nSPS) is 17.0. The molecule has 1 aliphatic heterocycles. The zero-order valence-corrected chi connectivity index (χ0v) is 24.4. The van der Waals surface area contributed by atoms with Gasteiger partial charge in [0.2, 0.25) is 0 Å². The van der Waals surface area contributed by atoms with E-state index in [2.05, 4.69) is 21.8 Å². The van der Waals surface area contributed by atoms with Crippen molar-refractivity contribution in [2.45, 2.75) is 26.8 Å². The molecule has 0 radical (unpaired) electrons. The molecule has 41 heavy (non-hydrogen) atoms. The molecular weight excluding hydrogens is 538 g/mol. The van der Waals surface area contributed by atoms with Gasteiger partial charge in [-0.25, -0.2) is 18.1 Å². The number of methoxy groups -OCH3 is 1. The molecule has 0 bridgehead atoms. The molecule has 6 rings (SSSR count). The monoisotopic (exact) mass is 569 g/mol. The quantitative estimate of drug-likeness (QED) is 0.281. The molecule has 0 aromatic carbocycles. The van der Waals surface area contributed by atoms with Gasteiger partial charge in [-0.05, 0) is 51.1 Å². The standard InChI is InChI=1S/C30H31N7O3S/c1-18-6-7-21(13-32-18)26-10-23(36-16-22(20(36)3)17-41(5,38)39)11-30(35-26)37-28-12-27(34-19(2)24(28)15-33-37)25-14-31-9-8-29(25)40-4/h6-15,20,22H,16-17H2,1-5H3/t20-,22-/m1/s1. The number of ether oxygens (including phenoxy) is 1. The van der Waals surface area contributed by atoms with Crippen molar-refractivity contribution in [1.29, 1.82) is 0 Å². The lowest BCUT2D eigenvalue weighted by molar-refractivity contribution is 0.341. The number of hydrogen-bond donors (Lipinski definition) is 0. The summed E-state index contributed by atoms with van der Waals surface area (Å²) in [4.78, 5) is 20.8. The molecule has 0 aliphatic carbocycles. The van der Waals surface area contributed by atoms with Gasteiger partial charge in [0.25, 0.3) is 0 Å². The van der Waals surface area contributed by atoms with E-state index in [1.54, 1.807) is 25.7 Å². The van der Waals surface area contributed by atoms with Gasteiger partial charge in [-0.3, -0.25) is 15.0 Å². The molecule has 0 unspecified atom stereocenters. The molecule has 0 saturated carbocycles. The zero-order chi connectivity index (χ0) is 28.9. The molecule has 5 aromatic rings. The first-order valence-corrected chi connectivity index (χ1v) is 15.4. The summed E-state index contributed by atoms with van der Waals surface area (Å²) in [6.45, 7) is 6.62. The molecule has 1 aliphatic rings. The van der Waals surface area contributed by atoms with E-state index in [9.17, 15) is 8.42 Å². The number of rotatable bonds is 7. The lowest BCUT2D eigenvalue weighted by Crippen LogP contribution is -2.57. The highest BCUT2D eigenvalue weighted by molar-refractivity contribution is 7.90. The van der Waals surface area contributed by atoms with Gasteiger partial charge in [0.05, 0.1) is 41.5 Å². The Morgan fingerprint density at radius 3 is 2.56 bits per heavy atom. The molecule has 11 heteroatoms. The van der Waals surface area contributed by atoms with Gasteiger partial charge in [-0.2, -0.15) is 5.10 Å². The lowest BCUT2D eigenvalue weighted by atomic mass is 9.91. The van der Waals surface area contributed by atoms with Crippen LogP contribution in [0.3, 0.4) is 0 Å². The molecule has 1 fully saturated rings. The predicted molar refractivity (Wildman–Crippen MR) is 159 cm³/mol. The fourth-order valence-electron chi connectivity index (χ4n) is 5.40. The number of pyridine rings is 4. The molecule has 210 valence electrons. The van der Waals surface area contributed by atoms with Crippen LogP contribution in [0.25, 0.3) is 39.2 Å². The maximum atomic E-state index is 12.0. The SMILES string of the molecule is COc1ccncc1-c1cc2c(cnn2-c2cc(N3C[C@H](CS(C)(=O)=O)[C@H]3C)cc(-c3ccc(C)nc3)n2)c(C)n1. The third-order valence-corrected chi connectivity index (χ3v) is 8.74. The molecule has 0 N–H and O–H groups in total. The summed E-state index contributed by atoms with van der Waals surface area (Å²) in [7, 11) is -1.44. The van der Waals surface area contributed by atoms with E-state index >= 15 is 0 Å². The first-order valence-electron chi connectivity index (χ1n) is 13.3. The van der Waals surface area contributed by atoms with Crippen LogP contribution in [0.2, 0.25) is 0 Å². The van der Waals surface area contributed by atoms with Crippen LogP contribution in [0.5, 0.6) is 5.75 Å². The van der Waals surface area contributed by atoms with Gasteiger partial charge < -0.3 is 9.64 Å². The Morgan fingerprint density at radius 1 is 1.02 bits per heavy atom. The number of hydrogen-bond acceptors (Lipinski definition) is 9. The minimum absolute atomic E-state index is 0.0643. The van der Waals surface area contributed by atoms with Crippen LogP contribution in [-0.4, -0.2) is 69.8 Å². The van der Waals surface area contributed by atoms with E-state index in [1.165, 1.54) is 6.26 Å². The van der Waals surface area contributed by atoms with Gasteiger partial charge in [-0.15, -0.1) is 0 Å². The number of nitrogens with zero attached hydrogens (tertiary/aromatic N) is 7. The minimum atomic E-state index is -3.06. The number of aryl methyl sites for hydroxylation is 2. The van der Waals surface area contributed by atoms with Crippen LogP contribution in [0.15, 0.2) is 61.2 Å². The van der Waals surface area contributed by atoms with Gasteiger partial charge in [0, 0.05) is 77.4 Å². The van der Waals surface area contributed by atoms with Crippen LogP contribution < -0.4 is 9.64 Å². The second-order valence-corrected chi connectivity index (χ2v) is 12.8. The average molecular weight is 570 g/mol. The van der Waals surface area contributed by atoms with Gasteiger partial charge in [0.15, 0.2) is 5.82 Å². The lowest BCUT2D eigenvalue weighted by Gasteiger charge is -2.48. The number of anilines is 1. The maximum absolute atomic E-state index is 12.0. The predicted octanol–water partition coefficient (Wildman–Crippen LogP) is 4.43. The Bertz CT molecular complexity index is 1870. The molecule has 1 saturated heterocycles. The Morgan fingerprint density at radius 2 is 1.85 bits per heavy atom. The summed E-state index contributed by atoms with van der Waals surface area (Å²) in [5, 5.41) is 5.64. The fraction of sp³-hybridized carbons (Fsp3) is 0.300. The van der Waals surface area contributed by atoms with Crippen LogP contribution in [0, 0.1) is 19.8 Å². The van der Waals surface area contributed by atoms with Crippen molar-refractivity contribution in [3.63, 3.8) is 0 Å². The maximum Gasteiger partial charge on any atom is 0.156 e. The molecule has 5 aromatic heterocycles. The topological polar surface area (TPSA) is 116 Å². The number of fused-ring (bicyclic) bond motifs is 1. The van der Waals surface area contributed by atoms with E-state index in [4.69, 9.17) is 19.8 Å². The summed E-state index contributed by atoms with van der Waals surface area (Å²) >= 11 is 0. The molecule has 0 amide bonds. The van der Waals surface area contributed by atoms with Crippen molar-refractivity contribution in [2.75, 3.05) is 30.6 Å². The van der Waals surface area contributed by atoms with Crippen LogP contribution in [-0.2, 0) is 9.84 Å². The number of sulfone groups is 1. The Labute approximate surface area is 239 Å². The van der Waals surface area contributed by atoms with E-state index in [0.717, 1.165) is 50.5 Å². The second kappa shape index (κ2) is 10.2. The van der Waals surface area contributed by atoms with Gasteiger partial charge in [-0.1, -0.05) is 0 Å². The fourth-order valence-corrected chi connectivity index (χ4v) is 6.57. The van der Waals surface area contributed by atoms with Crippen molar-refractivity contribution < 1.29 is 13.2 Å². The number of aromatic nitrogens is 6. The summed E-state index contributed by atoms with van der Waals surface area (Å²) < 4.78 is 31.3. The molecule has 2 atom stereocenters. The Kier molecular flexibility index (Phi) is 6.69. The van der Waals surface area contributed by atoms with Gasteiger partial charge in [0.1, 0.15) is 15.6 Å². The van der Waals surface area contributed by atoms with Gasteiger partial charge >= 0.3 is 0 Å². The van der Waals surface area contributed by atoms with Crippen molar-refractivity contribution in [1.82, 2.24) is 29.7 Å². The molecule has 10 nitrogen and oxygen atoms in total. The van der Waals surface area contributed by atoms with E-state index in [-0.39, 0.29) is 17.7 Å². The van der Waals surface area contributed by atoms with E-state index in [0.29, 0.717) is 18.1 Å². The van der Waals surface area contributed by atoms with Crippen molar-refractivity contribution >= 4 is 26.4 Å². The minimum Gasteiger partial charge on any atom is -0.496 e. The molecule has 0 spiro atoms. The highest BCUT2D eigenvalue weighted by Gasteiger charge is 2.38. The molecular formula is C30H31N7O3S.